The molecule has 0 heterocycles. The average Bonchev–Trinajstić information content (AvgIpc) is 2.42. The van der Waals surface area contributed by atoms with Crippen LogP contribution in [0, 0.1) is 16.7 Å². The molecule has 92 valence electrons. The number of allylic oxidation sites excluding steroid dienone is 1. The molecule has 2 rings (SSSR count). The van der Waals surface area contributed by atoms with Gasteiger partial charge in [0.1, 0.15) is 0 Å². The molecule has 0 saturated heterocycles. The summed E-state index contributed by atoms with van der Waals surface area (Å²) in [7, 11) is 0. The molecule has 0 aromatic rings. The van der Waals surface area contributed by atoms with Gasteiger partial charge in [-0.1, -0.05) is 39.3 Å². The number of aliphatic hydroxyl groups is 1. The monoisotopic (exact) mass is 222 g/mol. The molecule has 16 heavy (non-hydrogen) atoms. The highest BCUT2D eigenvalue weighted by atomic mass is 16.3. The average molecular weight is 222 g/mol. The van der Waals surface area contributed by atoms with Crippen LogP contribution < -0.4 is 0 Å². The summed E-state index contributed by atoms with van der Waals surface area (Å²) in [5.74, 6) is 0.658. The third kappa shape index (κ3) is 1.84. The predicted octanol–water partition coefficient (Wildman–Crippen LogP) is 3.92. The van der Waals surface area contributed by atoms with Crippen LogP contribution in [0.3, 0.4) is 0 Å². The second kappa shape index (κ2) is 3.60. The van der Waals surface area contributed by atoms with Gasteiger partial charge in [-0.3, -0.25) is 0 Å². The quantitative estimate of drug-likeness (QED) is 0.667. The molecule has 1 nitrogen and oxygen atoms in total. The molecule has 1 fully saturated rings. The highest BCUT2D eigenvalue weighted by Gasteiger charge is 2.49. The summed E-state index contributed by atoms with van der Waals surface area (Å²) in [4.78, 5) is 0. The zero-order valence-corrected chi connectivity index (χ0v) is 11.2. The highest BCUT2D eigenvalue weighted by molar-refractivity contribution is 5.12. The first-order chi connectivity index (χ1) is 7.27. The van der Waals surface area contributed by atoms with Crippen molar-refractivity contribution in [2.75, 3.05) is 0 Å². The minimum Gasteiger partial charge on any atom is -0.386 e. The predicted molar refractivity (Wildman–Crippen MR) is 68.2 cm³/mol. The lowest BCUT2D eigenvalue weighted by Crippen LogP contribution is -2.39. The van der Waals surface area contributed by atoms with Crippen LogP contribution in [0.15, 0.2) is 12.2 Å². The molecule has 0 bridgehead atoms. The minimum atomic E-state index is -0.560. The highest BCUT2D eigenvalue weighted by Crippen LogP contribution is 2.58. The summed E-state index contributed by atoms with van der Waals surface area (Å²) in [5.41, 5.74) is 0.320. The van der Waals surface area contributed by atoms with E-state index in [1.165, 1.54) is 19.3 Å². The van der Waals surface area contributed by atoms with Crippen molar-refractivity contribution in [2.24, 2.45) is 16.7 Å². The maximum atomic E-state index is 9.96. The van der Waals surface area contributed by atoms with Crippen LogP contribution in [-0.2, 0) is 0 Å². The Labute approximate surface area is 99.9 Å². The second-order valence-electron chi connectivity index (χ2n) is 7.02. The molecule has 0 spiro atoms. The van der Waals surface area contributed by atoms with Crippen molar-refractivity contribution >= 4 is 0 Å². The van der Waals surface area contributed by atoms with E-state index in [1.54, 1.807) is 0 Å². The standard InChI is InChI=1S/C15H26O/c1-13(2)8-5-9-15(13,4)12-6-10-14(3,16)11-7-12/h6,10,12,16H,5,7-9,11H2,1-4H3/t12-,14-,15-/m1/s1. The van der Waals surface area contributed by atoms with Crippen molar-refractivity contribution in [3.8, 4) is 0 Å². The van der Waals surface area contributed by atoms with E-state index in [1.807, 2.05) is 13.0 Å². The molecule has 0 aromatic carbocycles. The summed E-state index contributed by atoms with van der Waals surface area (Å²) >= 11 is 0. The lowest BCUT2D eigenvalue weighted by Gasteiger charge is -2.46. The van der Waals surface area contributed by atoms with Gasteiger partial charge in [0.25, 0.3) is 0 Å². The van der Waals surface area contributed by atoms with Crippen LogP contribution >= 0.6 is 0 Å². The Bertz CT molecular complexity index is 301. The first-order valence-electron chi connectivity index (χ1n) is 6.69. The summed E-state index contributed by atoms with van der Waals surface area (Å²) in [6.45, 7) is 9.21. The van der Waals surface area contributed by atoms with Crippen molar-refractivity contribution < 1.29 is 5.11 Å². The van der Waals surface area contributed by atoms with E-state index in [0.29, 0.717) is 16.7 Å². The Kier molecular flexibility index (Phi) is 2.73. The van der Waals surface area contributed by atoms with Crippen molar-refractivity contribution in [2.45, 2.75) is 65.4 Å². The lowest BCUT2D eigenvalue weighted by molar-refractivity contribution is 0.0346. The van der Waals surface area contributed by atoms with Crippen LogP contribution in [0.25, 0.3) is 0 Å². The van der Waals surface area contributed by atoms with Crippen molar-refractivity contribution in [1.82, 2.24) is 0 Å². The van der Waals surface area contributed by atoms with Crippen LogP contribution in [0.1, 0.15) is 59.8 Å². The second-order valence-corrected chi connectivity index (χ2v) is 7.02. The van der Waals surface area contributed by atoms with E-state index in [0.717, 1.165) is 12.8 Å². The molecule has 1 heteroatoms. The van der Waals surface area contributed by atoms with Gasteiger partial charge in [-0.2, -0.15) is 0 Å². The van der Waals surface area contributed by atoms with Gasteiger partial charge in [0.05, 0.1) is 5.60 Å². The zero-order chi connectivity index (χ0) is 12.0. The summed E-state index contributed by atoms with van der Waals surface area (Å²) < 4.78 is 0. The van der Waals surface area contributed by atoms with Gasteiger partial charge in [0, 0.05) is 0 Å². The van der Waals surface area contributed by atoms with E-state index in [9.17, 15) is 5.11 Å². The van der Waals surface area contributed by atoms with E-state index >= 15 is 0 Å². The molecule has 2 aliphatic rings. The fourth-order valence-electron chi connectivity index (χ4n) is 3.69. The SMILES string of the molecule is CC1(C)CCC[C@]1(C)[C@@H]1C=C[C@@](C)(O)CC1. The lowest BCUT2D eigenvalue weighted by atomic mass is 9.59. The molecule has 1 saturated carbocycles. The van der Waals surface area contributed by atoms with Gasteiger partial charge in [-0.25, -0.2) is 0 Å². The van der Waals surface area contributed by atoms with Gasteiger partial charge in [0.2, 0.25) is 0 Å². The van der Waals surface area contributed by atoms with Crippen LogP contribution in [0.4, 0.5) is 0 Å². The third-order valence-electron chi connectivity index (χ3n) is 5.51. The van der Waals surface area contributed by atoms with Gasteiger partial charge in [-0.15, -0.1) is 0 Å². The number of rotatable bonds is 1. The molecule has 3 atom stereocenters. The normalized spacial score (nSPS) is 47.2. The minimum absolute atomic E-state index is 0.431. The van der Waals surface area contributed by atoms with E-state index in [2.05, 4.69) is 26.8 Å². The first-order valence-corrected chi connectivity index (χ1v) is 6.69. The topological polar surface area (TPSA) is 20.2 Å². The third-order valence-corrected chi connectivity index (χ3v) is 5.51. The molecule has 1 N–H and O–H groups in total. The van der Waals surface area contributed by atoms with Crippen molar-refractivity contribution in [3.05, 3.63) is 12.2 Å². The molecule has 0 unspecified atom stereocenters. The largest absolute Gasteiger partial charge is 0.386 e. The zero-order valence-electron chi connectivity index (χ0n) is 11.2. The maximum absolute atomic E-state index is 9.96. The molecular weight excluding hydrogens is 196 g/mol. The van der Waals surface area contributed by atoms with Gasteiger partial charge >= 0.3 is 0 Å². The Morgan fingerprint density at radius 1 is 1.06 bits per heavy atom. The Morgan fingerprint density at radius 3 is 2.19 bits per heavy atom. The van der Waals surface area contributed by atoms with Gasteiger partial charge in [0.15, 0.2) is 0 Å². The fourth-order valence-corrected chi connectivity index (χ4v) is 3.69. The van der Waals surface area contributed by atoms with Crippen LogP contribution in [-0.4, -0.2) is 10.7 Å². The fraction of sp³-hybridized carbons (Fsp3) is 0.867. The maximum Gasteiger partial charge on any atom is 0.0800 e. The van der Waals surface area contributed by atoms with E-state index in [-0.39, 0.29) is 0 Å². The number of hydrogen-bond donors (Lipinski definition) is 1. The first kappa shape index (κ1) is 12.2. The molecule has 0 aliphatic heterocycles. The van der Waals surface area contributed by atoms with Gasteiger partial charge < -0.3 is 5.11 Å². The summed E-state index contributed by atoms with van der Waals surface area (Å²) in [6, 6.07) is 0. The Balaban J connectivity index is 2.20. The summed E-state index contributed by atoms with van der Waals surface area (Å²) in [5, 5.41) is 9.96. The van der Waals surface area contributed by atoms with E-state index < -0.39 is 5.60 Å². The molecule has 0 radical (unpaired) electrons. The smallest absolute Gasteiger partial charge is 0.0800 e. The van der Waals surface area contributed by atoms with Gasteiger partial charge in [-0.05, 0) is 49.4 Å². The summed E-state index contributed by atoms with van der Waals surface area (Å²) in [6.07, 6.45) is 10.4. The Morgan fingerprint density at radius 2 is 1.75 bits per heavy atom. The van der Waals surface area contributed by atoms with E-state index in [4.69, 9.17) is 0 Å². The van der Waals surface area contributed by atoms with Crippen LogP contribution in [0.2, 0.25) is 0 Å². The van der Waals surface area contributed by atoms with Crippen molar-refractivity contribution in [3.63, 3.8) is 0 Å². The molecule has 2 aliphatic carbocycles. The van der Waals surface area contributed by atoms with Crippen LogP contribution in [0.5, 0.6) is 0 Å². The molecule has 0 amide bonds. The molecular formula is C15H26O. The van der Waals surface area contributed by atoms with Crippen molar-refractivity contribution in [1.29, 1.82) is 0 Å². The Hall–Kier alpha value is -0.300. The molecule has 0 aromatic heterocycles. The number of hydrogen-bond acceptors (Lipinski definition) is 1.